The maximum absolute atomic E-state index is 12.8. The number of ether oxygens (including phenoxy) is 2. The number of aromatic nitrogens is 4. The predicted octanol–water partition coefficient (Wildman–Crippen LogP) is 4.90. The lowest BCUT2D eigenvalue weighted by atomic mass is 9.83. The van der Waals surface area contributed by atoms with E-state index in [9.17, 15) is 4.79 Å². The number of methoxy groups -OCH3 is 1. The second-order valence-electron chi connectivity index (χ2n) is 9.64. The van der Waals surface area contributed by atoms with Crippen LogP contribution in [0.1, 0.15) is 34.9 Å². The number of benzene rings is 2. The van der Waals surface area contributed by atoms with Gasteiger partial charge >= 0.3 is 5.97 Å². The topological polar surface area (TPSA) is 108 Å². The molecule has 0 aliphatic carbocycles. The van der Waals surface area contributed by atoms with Gasteiger partial charge in [0.05, 0.1) is 30.1 Å². The van der Waals surface area contributed by atoms with E-state index >= 15 is 0 Å². The van der Waals surface area contributed by atoms with Gasteiger partial charge in [0.15, 0.2) is 11.5 Å². The van der Waals surface area contributed by atoms with E-state index in [4.69, 9.17) is 26.8 Å². The first-order chi connectivity index (χ1) is 18.9. The Kier molecular flexibility index (Phi) is 6.70. The van der Waals surface area contributed by atoms with E-state index < -0.39 is 11.6 Å². The lowest BCUT2D eigenvalue weighted by Crippen LogP contribution is -2.52. The van der Waals surface area contributed by atoms with Crippen LogP contribution in [0.2, 0.25) is 5.02 Å². The van der Waals surface area contributed by atoms with Crippen molar-refractivity contribution in [3.05, 3.63) is 77.2 Å². The highest BCUT2D eigenvalue weighted by molar-refractivity contribution is 7.99. The quantitative estimate of drug-likeness (QED) is 0.340. The van der Waals surface area contributed by atoms with Gasteiger partial charge in [-0.15, -0.1) is 0 Å². The van der Waals surface area contributed by atoms with Crippen LogP contribution in [0.5, 0.6) is 5.75 Å². The van der Waals surface area contributed by atoms with E-state index in [1.165, 1.54) is 18.9 Å². The zero-order chi connectivity index (χ0) is 27.1. The number of aryl methyl sites for hydroxylation is 1. The van der Waals surface area contributed by atoms with Gasteiger partial charge in [-0.25, -0.2) is 14.8 Å². The van der Waals surface area contributed by atoms with Crippen molar-refractivity contribution in [3.63, 3.8) is 0 Å². The highest BCUT2D eigenvalue weighted by atomic mass is 35.5. The molecule has 0 saturated carbocycles. The summed E-state index contributed by atoms with van der Waals surface area (Å²) >= 11 is 8.08. The second kappa shape index (κ2) is 10.2. The fourth-order valence-electron chi connectivity index (χ4n) is 5.25. The summed E-state index contributed by atoms with van der Waals surface area (Å²) in [6.45, 7) is 1.23. The Bertz CT molecular complexity index is 1550. The maximum atomic E-state index is 12.8. The summed E-state index contributed by atoms with van der Waals surface area (Å²) in [5.41, 5.74) is 8.95. The number of carbonyl (C=O) groups excluding carboxylic acids is 1. The highest BCUT2D eigenvalue weighted by Crippen LogP contribution is 2.47. The Balaban J connectivity index is 1.24. The highest BCUT2D eigenvalue weighted by Gasteiger charge is 2.48. The first-order valence-electron chi connectivity index (χ1n) is 12.6. The van der Waals surface area contributed by atoms with E-state index in [2.05, 4.69) is 15.1 Å². The predicted molar refractivity (Wildman–Crippen MR) is 149 cm³/mol. The molecule has 0 radical (unpaired) electrons. The fraction of sp³-hybridized carbons (Fsp3) is 0.286. The van der Waals surface area contributed by atoms with Crippen LogP contribution in [0, 0.1) is 0 Å². The standard InChI is InChI=1S/C28H27ClN6O3S/c1-34-13-10-19(33-34)17-7-5-9-21(23(17)29)39-22-16-31-26(24(32-22)27(36)37-2)35-14-11-28(12-15-35)25(30)18-6-3-4-8-20(18)38-28/h3-10,13,16,25H,11-12,14-15,30H2,1-2H3/t25-/m1/s1. The molecule has 2 aromatic heterocycles. The molecule has 1 saturated heterocycles. The molecule has 4 aromatic rings. The molecule has 39 heavy (non-hydrogen) atoms. The Hall–Kier alpha value is -3.60. The monoisotopic (exact) mass is 562 g/mol. The van der Waals surface area contributed by atoms with Crippen LogP contribution in [-0.4, -0.2) is 51.5 Å². The molecule has 2 aromatic carbocycles. The van der Waals surface area contributed by atoms with Gasteiger partial charge in [-0.3, -0.25) is 4.68 Å². The van der Waals surface area contributed by atoms with Crippen LogP contribution in [0.25, 0.3) is 11.3 Å². The SMILES string of the molecule is COC(=O)c1nc(Sc2cccc(-c3ccn(C)n3)c2Cl)cnc1N1CCC2(CC1)Oc1ccccc1[C@H]2N. The zero-order valence-corrected chi connectivity index (χ0v) is 23.1. The van der Waals surface area contributed by atoms with E-state index in [0.717, 1.165) is 27.5 Å². The molecular weight excluding hydrogens is 536 g/mol. The molecule has 0 unspecified atom stereocenters. The van der Waals surface area contributed by atoms with Crippen molar-refractivity contribution in [2.45, 2.75) is 34.4 Å². The number of halogens is 1. The summed E-state index contributed by atoms with van der Waals surface area (Å²) < 4.78 is 13.2. The summed E-state index contributed by atoms with van der Waals surface area (Å²) in [6, 6.07) is 15.4. The molecule has 11 heteroatoms. The van der Waals surface area contributed by atoms with E-state index in [-0.39, 0.29) is 11.7 Å². The van der Waals surface area contributed by atoms with Gasteiger partial charge < -0.3 is 20.1 Å². The average Bonchev–Trinajstić information content (AvgIpc) is 3.50. The van der Waals surface area contributed by atoms with Gasteiger partial charge in [0.1, 0.15) is 16.4 Å². The summed E-state index contributed by atoms with van der Waals surface area (Å²) in [4.78, 5) is 24.9. The molecule has 9 nitrogen and oxygen atoms in total. The number of hydrogen-bond acceptors (Lipinski definition) is 9. The largest absolute Gasteiger partial charge is 0.485 e. The number of hydrogen-bond donors (Lipinski definition) is 1. The number of carbonyl (C=O) groups is 1. The molecule has 0 bridgehead atoms. The lowest BCUT2D eigenvalue weighted by Gasteiger charge is -2.41. The van der Waals surface area contributed by atoms with E-state index in [1.54, 1.807) is 10.9 Å². The van der Waals surface area contributed by atoms with Crippen molar-refractivity contribution < 1.29 is 14.3 Å². The molecule has 1 atom stereocenters. The molecule has 6 rings (SSSR count). The minimum absolute atomic E-state index is 0.162. The summed E-state index contributed by atoms with van der Waals surface area (Å²) in [6.07, 6.45) is 4.91. The van der Waals surface area contributed by atoms with Gasteiger partial charge in [0.2, 0.25) is 0 Å². The summed E-state index contributed by atoms with van der Waals surface area (Å²) in [7, 11) is 3.20. The lowest BCUT2D eigenvalue weighted by molar-refractivity contribution is 0.0429. The van der Waals surface area contributed by atoms with Crippen LogP contribution >= 0.6 is 23.4 Å². The first-order valence-corrected chi connectivity index (χ1v) is 13.8. The van der Waals surface area contributed by atoms with Crippen molar-refractivity contribution in [1.29, 1.82) is 0 Å². The number of rotatable bonds is 5. The fourth-order valence-corrected chi connectivity index (χ4v) is 6.40. The van der Waals surface area contributed by atoms with Crippen LogP contribution in [0.4, 0.5) is 5.82 Å². The molecule has 2 aliphatic rings. The van der Waals surface area contributed by atoms with Gasteiger partial charge in [-0.05, 0) is 18.2 Å². The Morgan fingerprint density at radius 3 is 2.69 bits per heavy atom. The number of para-hydroxylation sites is 1. The third kappa shape index (κ3) is 4.62. The maximum Gasteiger partial charge on any atom is 0.360 e. The van der Waals surface area contributed by atoms with Crippen molar-refractivity contribution in [3.8, 4) is 17.0 Å². The number of anilines is 1. The number of nitrogens with zero attached hydrogens (tertiary/aromatic N) is 5. The van der Waals surface area contributed by atoms with Crippen molar-refractivity contribution >= 4 is 35.1 Å². The molecular formula is C28H27ClN6O3S. The van der Waals surface area contributed by atoms with Crippen LogP contribution < -0.4 is 15.4 Å². The van der Waals surface area contributed by atoms with Crippen LogP contribution in [-0.2, 0) is 11.8 Å². The number of piperidine rings is 1. The minimum atomic E-state index is -0.546. The van der Waals surface area contributed by atoms with Crippen LogP contribution in [0.3, 0.4) is 0 Å². The Labute approximate surface area is 235 Å². The normalized spacial score (nSPS) is 17.6. The third-order valence-electron chi connectivity index (χ3n) is 7.32. The molecule has 1 spiro atoms. The molecule has 200 valence electrons. The van der Waals surface area contributed by atoms with Gasteiger partial charge in [0.25, 0.3) is 0 Å². The second-order valence-corrected chi connectivity index (χ2v) is 11.1. The number of nitrogens with two attached hydrogens (primary N) is 1. The summed E-state index contributed by atoms with van der Waals surface area (Å²) in [5, 5.41) is 5.55. The van der Waals surface area contributed by atoms with Gasteiger partial charge in [0, 0.05) is 55.2 Å². The first kappa shape index (κ1) is 25.7. The molecule has 4 heterocycles. The van der Waals surface area contributed by atoms with Gasteiger partial charge in [-0.2, -0.15) is 5.10 Å². The number of fused-ring (bicyclic) bond motifs is 1. The van der Waals surface area contributed by atoms with E-state index in [1.807, 2.05) is 66.7 Å². The third-order valence-corrected chi connectivity index (χ3v) is 8.81. The molecule has 0 amide bonds. The Morgan fingerprint density at radius 1 is 1.18 bits per heavy atom. The van der Waals surface area contributed by atoms with Crippen molar-refractivity contribution in [2.24, 2.45) is 12.8 Å². The van der Waals surface area contributed by atoms with Crippen molar-refractivity contribution in [2.75, 3.05) is 25.1 Å². The molecule has 2 aliphatic heterocycles. The smallest absolute Gasteiger partial charge is 0.360 e. The molecule has 1 fully saturated rings. The van der Waals surface area contributed by atoms with Crippen LogP contribution in [0.15, 0.2) is 70.8 Å². The minimum Gasteiger partial charge on any atom is -0.485 e. The van der Waals surface area contributed by atoms with Crippen molar-refractivity contribution in [1.82, 2.24) is 19.7 Å². The average molecular weight is 563 g/mol. The zero-order valence-electron chi connectivity index (χ0n) is 21.5. The number of esters is 1. The molecule has 2 N–H and O–H groups in total. The summed E-state index contributed by atoms with van der Waals surface area (Å²) in [5.74, 6) is 0.786. The van der Waals surface area contributed by atoms with E-state index in [0.29, 0.717) is 41.8 Å². The Morgan fingerprint density at radius 2 is 1.97 bits per heavy atom. The van der Waals surface area contributed by atoms with Gasteiger partial charge in [-0.1, -0.05) is 53.7 Å².